The second-order valence-electron chi connectivity index (χ2n) is 8.90. The summed E-state index contributed by atoms with van der Waals surface area (Å²) in [7, 11) is -3.76. The molecule has 7 nitrogen and oxygen atoms in total. The van der Waals surface area contributed by atoms with Crippen LogP contribution in [-0.4, -0.2) is 48.7 Å². The van der Waals surface area contributed by atoms with Gasteiger partial charge in [0.25, 0.3) is 0 Å². The van der Waals surface area contributed by atoms with E-state index in [1.54, 1.807) is 45.0 Å². The summed E-state index contributed by atoms with van der Waals surface area (Å²) in [5.41, 5.74) is 1.05. The van der Waals surface area contributed by atoms with Gasteiger partial charge in [0.15, 0.2) is 0 Å². The highest BCUT2D eigenvalue weighted by molar-refractivity contribution is 7.89. The maximum absolute atomic E-state index is 13.1. The number of amides is 1. The van der Waals surface area contributed by atoms with E-state index in [4.69, 9.17) is 4.74 Å². The largest absolute Gasteiger partial charge is 0.444 e. The van der Waals surface area contributed by atoms with Crippen molar-refractivity contribution < 1.29 is 23.1 Å². The monoisotopic (exact) mass is 446 g/mol. The minimum absolute atomic E-state index is 0.0415. The van der Waals surface area contributed by atoms with Crippen LogP contribution in [0.15, 0.2) is 59.5 Å². The SMILES string of the molecule is Cc1ccc(S(=O)(=O)N2C[C@H]([C@@H](NC(=O)OC(C)(C)C)c3ccccc3)[C@H](O)C2)cc1. The van der Waals surface area contributed by atoms with Crippen LogP contribution in [-0.2, 0) is 14.8 Å². The summed E-state index contributed by atoms with van der Waals surface area (Å²) in [5, 5.41) is 13.6. The highest BCUT2D eigenvalue weighted by atomic mass is 32.2. The fraction of sp³-hybridized carbons (Fsp3) is 0.435. The summed E-state index contributed by atoms with van der Waals surface area (Å²) >= 11 is 0. The average molecular weight is 447 g/mol. The van der Waals surface area contributed by atoms with Crippen molar-refractivity contribution in [1.29, 1.82) is 0 Å². The molecule has 0 saturated carbocycles. The number of β-amino-alcohol motifs (C(OH)–C–C–N with tert-alkyl or cyclic N) is 1. The number of aryl methyl sites for hydroxylation is 1. The third kappa shape index (κ3) is 5.64. The Morgan fingerprint density at radius 2 is 1.71 bits per heavy atom. The number of nitrogens with zero attached hydrogens (tertiary/aromatic N) is 1. The Morgan fingerprint density at radius 1 is 1.10 bits per heavy atom. The lowest BCUT2D eigenvalue weighted by molar-refractivity contribution is 0.0451. The smallest absolute Gasteiger partial charge is 0.408 e. The highest BCUT2D eigenvalue weighted by Gasteiger charge is 2.43. The molecule has 168 valence electrons. The van der Waals surface area contributed by atoms with Gasteiger partial charge in [-0.2, -0.15) is 4.31 Å². The van der Waals surface area contributed by atoms with Crippen molar-refractivity contribution in [2.24, 2.45) is 5.92 Å². The van der Waals surface area contributed by atoms with Gasteiger partial charge in [-0.1, -0.05) is 48.0 Å². The van der Waals surface area contributed by atoms with Crippen LogP contribution < -0.4 is 5.32 Å². The van der Waals surface area contributed by atoms with Crippen molar-refractivity contribution >= 4 is 16.1 Å². The van der Waals surface area contributed by atoms with Gasteiger partial charge in [-0.05, 0) is 45.4 Å². The number of hydrogen-bond donors (Lipinski definition) is 2. The lowest BCUT2D eigenvalue weighted by Gasteiger charge is -2.29. The van der Waals surface area contributed by atoms with E-state index in [9.17, 15) is 18.3 Å². The second kappa shape index (κ2) is 8.98. The summed E-state index contributed by atoms with van der Waals surface area (Å²) in [6, 6.07) is 15.2. The Morgan fingerprint density at radius 3 is 2.29 bits per heavy atom. The normalized spacial score (nSPS) is 20.9. The maximum Gasteiger partial charge on any atom is 0.408 e. The molecule has 3 rings (SSSR count). The van der Waals surface area contributed by atoms with E-state index in [1.165, 1.54) is 4.31 Å². The van der Waals surface area contributed by atoms with Crippen LogP contribution in [0.4, 0.5) is 4.79 Å². The van der Waals surface area contributed by atoms with E-state index >= 15 is 0 Å². The highest BCUT2D eigenvalue weighted by Crippen LogP contribution is 2.33. The molecule has 1 saturated heterocycles. The van der Waals surface area contributed by atoms with E-state index in [0.717, 1.165) is 11.1 Å². The van der Waals surface area contributed by atoms with Crippen molar-refractivity contribution in [3.8, 4) is 0 Å². The first-order chi connectivity index (χ1) is 14.5. The Labute approximate surface area is 184 Å². The van der Waals surface area contributed by atoms with Gasteiger partial charge in [0.05, 0.1) is 17.0 Å². The zero-order chi connectivity index (χ0) is 22.8. The van der Waals surface area contributed by atoms with Crippen molar-refractivity contribution in [3.05, 3.63) is 65.7 Å². The molecule has 2 aromatic rings. The summed E-state index contributed by atoms with van der Waals surface area (Å²) in [6.45, 7) is 7.23. The van der Waals surface area contributed by atoms with Crippen molar-refractivity contribution in [1.82, 2.24) is 9.62 Å². The molecule has 1 aliphatic heterocycles. The van der Waals surface area contributed by atoms with Crippen LogP contribution in [0, 0.1) is 12.8 Å². The molecule has 0 radical (unpaired) electrons. The van der Waals surface area contributed by atoms with Gasteiger partial charge in [0.2, 0.25) is 10.0 Å². The zero-order valence-corrected chi connectivity index (χ0v) is 19.1. The van der Waals surface area contributed by atoms with Gasteiger partial charge in [0, 0.05) is 19.0 Å². The molecule has 8 heteroatoms. The molecule has 2 N–H and O–H groups in total. The van der Waals surface area contributed by atoms with Crippen LogP contribution >= 0.6 is 0 Å². The number of carbonyl (C=O) groups excluding carboxylic acids is 1. The molecule has 3 atom stereocenters. The van der Waals surface area contributed by atoms with E-state index in [0.29, 0.717) is 0 Å². The fourth-order valence-electron chi connectivity index (χ4n) is 3.69. The number of nitrogens with one attached hydrogen (secondary N) is 1. The standard InChI is InChI=1S/C23H30N2O5S/c1-16-10-12-18(13-11-16)31(28,29)25-14-19(20(26)15-25)21(17-8-6-5-7-9-17)24-22(27)30-23(2,3)4/h5-13,19-21,26H,14-15H2,1-4H3,(H,24,27)/t19-,20+,21-/m0/s1. The molecule has 31 heavy (non-hydrogen) atoms. The molecule has 0 aliphatic carbocycles. The molecule has 1 heterocycles. The number of rotatable bonds is 5. The number of benzene rings is 2. The van der Waals surface area contributed by atoms with E-state index in [1.807, 2.05) is 37.3 Å². The Balaban J connectivity index is 1.86. The van der Waals surface area contributed by atoms with Crippen molar-refractivity contribution in [2.75, 3.05) is 13.1 Å². The molecular weight excluding hydrogens is 416 g/mol. The van der Waals surface area contributed by atoms with Gasteiger partial charge >= 0.3 is 6.09 Å². The molecule has 0 aromatic heterocycles. The van der Waals surface area contributed by atoms with Gasteiger partial charge in [0.1, 0.15) is 5.60 Å². The lowest BCUT2D eigenvalue weighted by atomic mass is 9.90. The minimum Gasteiger partial charge on any atom is -0.444 e. The predicted octanol–water partition coefficient (Wildman–Crippen LogP) is 3.24. The van der Waals surface area contributed by atoms with E-state index < -0.39 is 39.8 Å². The summed E-state index contributed by atoms with van der Waals surface area (Å²) < 4.78 is 32.9. The first kappa shape index (κ1) is 23.2. The summed E-state index contributed by atoms with van der Waals surface area (Å²) in [6.07, 6.45) is -1.56. The Kier molecular flexibility index (Phi) is 6.73. The van der Waals surface area contributed by atoms with Crippen LogP contribution in [0.1, 0.15) is 37.9 Å². The second-order valence-corrected chi connectivity index (χ2v) is 10.8. The Bertz CT molecular complexity index is 1000. The molecule has 1 fully saturated rings. The molecule has 0 spiro atoms. The molecule has 2 aromatic carbocycles. The number of aliphatic hydroxyl groups is 1. The average Bonchev–Trinajstić information content (AvgIpc) is 3.08. The number of alkyl carbamates (subject to hydrolysis) is 1. The third-order valence-electron chi connectivity index (χ3n) is 5.22. The molecule has 1 aliphatic rings. The van der Waals surface area contributed by atoms with Crippen LogP contribution in [0.3, 0.4) is 0 Å². The number of aliphatic hydroxyl groups excluding tert-OH is 1. The van der Waals surface area contributed by atoms with Gasteiger partial charge < -0.3 is 15.2 Å². The molecular formula is C23H30N2O5S. The van der Waals surface area contributed by atoms with Crippen LogP contribution in [0.2, 0.25) is 0 Å². The number of ether oxygens (including phenoxy) is 1. The van der Waals surface area contributed by atoms with Crippen LogP contribution in [0.25, 0.3) is 0 Å². The minimum atomic E-state index is -3.76. The number of sulfonamides is 1. The van der Waals surface area contributed by atoms with Gasteiger partial charge in [-0.15, -0.1) is 0 Å². The first-order valence-electron chi connectivity index (χ1n) is 10.3. The summed E-state index contributed by atoms with van der Waals surface area (Å²) in [4.78, 5) is 12.7. The lowest BCUT2D eigenvalue weighted by Crippen LogP contribution is -2.41. The molecule has 0 unspecified atom stereocenters. The quantitative estimate of drug-likeness (QED) is 0.735. The predicted molar refractivity (Wildman–Crippen MR) is 118 cm³/mol. The van der Waals surface area contributed by atoms with Gasteiger partial charge in [-0.3, -0.25) is 0 Å². The molecule has 1 amide bonds. The van der Waals surface area contributed by atoms with Gasteiger partial charge in [-0.25, -0.2) is 13.2 Å². The Hall–Kier alpha value is -2.42. The number of hydrogen-bond acceptors (Lipinski definition) is 5. The van der Waals surface area contributed by atoms with E-state index in [-0.39, 0.29) is 18.0 Å². The third-order valence-corrected chi connectivity index (χ3v) is 7.06. The fourth-order valence-corrected chi connectivity index (χ4v) is 5.19. The first-order valence-corrected chi connectivity index (χ1v) is 11.7. The van der Waals surface area contributed by atoms with Crippen molar-refractivity contribution in [2.45, 2.75) is 50.3 Å². The number of carbonyl (C=O) groups is 1. The van der Waals surface area contributed by atoms with Crippen LogP contribution in [0.5, 0.6) is 0 Å². The topological polar surface area (TPSA) is 95.9 Å². The zero-order valence-electron chi connectivity index (χ0n) is 18.3. The van der Waals surface area contributed by atoms with E-state index in [2.05, 4.69) is 5.32 Å². The molecule has 0 bridgehead atoms. The maximum atomic E-state index is 13.1. The van der Waals surface area contributed by atoms with Crippen molar-refractivity contribution in [3.63, 3.8) is 0 Å². The summed E-state index contributed by atoms with van der Waals surface area (Å²) in [5.74, 6) is -0.532.